The molecule has 1 saturated heterocycles. The molecule has 0 aromatic heterocycles. The molecule has 0 saturated carbocycles. The van der Waals surface area contributed by atoms with Crippen LogP contribution >= 0.6 is 12.0 Å². The van der Waals surface area contributed by atoms with Crippen molar-refractivity contribution in [3.05, 3.63) is 65.2 Å². The van der Waals surface area contributed by atoms with Crippen LogP contribution in [-0.4, -0.2) is 41.1 Å². The first kappa shape index (κ1) is 20.6. The number of amides is 3. The Morgan fingerprint density at radius 1 is 0.969 bits per heavy atom. The minimum atomic E-state index is -0.748. The smallest absolute Gasteiger partial charge is 0.321 e. The Hall–Kier alpha value is -3.33. The highest BCUT2D eigenvalue weighted by molar-refractivity contribution is 7.96. The molecule has 0 radical (unpaired) electrons. The number of nitrogens with zero attached hydrogens (tertiary/aromatic N) is 1. The van der Waals surface area contributed by atoms with Gasteiger partial charge >= 0.3 is 5.97 Å². The van der Waals surface area contributed by atoms with Gasteiger partial charge in [-0.1, -0.05) is 36.4 Å². The van der Waals surface area contributed by atoms with Gasteiger partial charge in [0.1, 0.15) is 17.5 Å². The van der Waals surface area contributed by atoms with Gasteiger partial charge in [-0.15, -0.1) is 0 Å². The van der Waals surface area contributed by atoms with Crippen molar-refractivity contribution in [3.63, 3.8) is 0 Å². The molecule has 3 aliphatic heterocycles. The number of hydrogen-bond donors (Lipinski definition) is 2. The molecule has 2 N–H and O–H groups in total. The zero-order chi connectivity index (χ0) is 22.2. The Kier molecular flexibility index (Phi) is 5.34. The SMILES string of the molecule is O=C1C[C@H](NC(=O)[C@@H]2Cc3cccc4c3N2C(=O)[C@@H](NC(=O)c2ccccc2)CC4)SO1. The van der Waals surface area contributed by atoms with Crippen LogP contribution in [0, 0.1) is 0 Å². The number of hydrogen-bond acceptors (Lipinski definition) is 6. The lowest BCUT2D eigenvalue weighted by atomic mass is 10.0. The van der Waals surface area contributed by atoms with Crippen molar-refractivity contribution in [1.82, 2.24) is 10.6 Å². The lowest BCUT2D eigenvalue weighted by Crippen LogP contribution is -2.55. The van der Waals surface area contributed by atoms with Crippen molar-refractivity contribution in [1.29, 1.82) is 0 Å². The predicted molar refractivity (Wildman–Crippen MR) is 118 cm³/mol. The average Bonchev–Trinajstić information content (AvgIpc) is 3.36. The summed E-state index contributed by atoms with van der Waals surface area (Å²) in [7, 11) is 0. The number of rotatable bonds is 4. The van der Waals surface area contributed by atoms with Gasteiger partial charge in [0.25, 0.3) is 5.91 Å². The number of nitrogens with one attached hydrogen (secondary N) is 2. The zero-order valence-electron chi connectivity index (χ0n) is 17.1. The van der Waals surface area contributed by atoms with Gasteiger partial charge < -0.3 is 14.8 Å². The molecule has 0 unspecified atom stereocenters. The summed E-state index contributed by atoms with van der Waals surface area (Å²) in [4.78, 5) is 52.3. The Balaban J connectivity index is 1.41. The van der Waals surface area contributed by atoms with E-state index in [0.717, 1.165) is 28.9 Å². The molecule has 0 spiro atoms. The zero-order valence-corrected chi connectivity index (χ0v) is 17.9. The molecule has 0 bridgehead atoms. The van der Waals surface area contributed by atoms with E-state index in [9.17, 15) is 19.2 Å². The molecule has 1 fully saturated rings. The predicted octanol–water partition coefficient (Wildman–Crippen LogP) is 1.73. The van der Waals surface area contributed by atoms with Crippen LogP contribution in [0.25, 0.3) is 0 Å². The molecule has 0 aliphatic carbocycles. The summed E-state index contributed by atoms with van der Waals surface area (Å²) in [5, 5.41) is 5.19. The maximum atomic E-state index is 13.6. The second-order valence-electron chi connectivity index (χ2n) is 8.04. The van der Waals surface area contributed by atoms with Crippen LogP contribution in [0.1, 0.15) is 34.3 Å². The largest absolute Gasteiger partial charge is 0.389 e. The number of aryl methyl sites for hydroxylation is 1. The molecule has 32 heavy (non-hydrogen) atoms. The van der Waals surface area contributed by atoms with Crippen LogP contribution in [0.15, 0.2) is 48.5 Å². The van der Waals surface area contributed by atoms with Crippen molar-refractivity contribution in [3.8, 4) is 0 Å². The first-order chi connectivity index (χ1) is 15.5. The summed E-state index contributed by atoms with van der Waals surface area (Å²) in [5.41, 5.74) is 3.15. The molecule has 3 atom stereocenters. The van der Waals surface area contributed by atoms with Crippen LogP contribution in [0.4, 0.5) is 5.69 Å². The van der Waals surface area contributed by atoms with E-state index in [1.165, 1.54) is 4.90 Å². The van der Waals surface area contributed by atoms with Gasteiger partial charge in [-0.2, -0.15) is 0 Å². The number of benzene rings is 2. The standard InChI is InChI=1S/C23H21N3O5S/c27-19-12-18(32-31-19)25-22(29)17-11-15-8-4-7-13-9-10-16(23(30)26(17)20(13)15)24-21(28)14-5-2-1-3-6-14/h1-8,16-18H,9-12H2,(H,24,28)(H,25,29)/t16-,17-,18+/m0/s1. The topological polar surface area (TPSA) is 105 Å². The molecule has 3 aliphatic rings. The summed E-state index contributed by atoms with van der Waals surface area (Å²) in [5.74, 6) is -1.35. The fourth-order valence-corrected chi connectivity index (χ4v) is 5.13. The minimum Gasteiger partial charge on any atom is -0.389 e. The average molecular weight is 452 g/mol. The van der Waals surface area contributed by atoms with Gasteiger partial charge in [0.15, 0.2) is 0 Å². The number of anilines is 1. The molecule has 2 aromatic carbocycles. The first-order valence-electron chi connectivity index (χ1n) is 10.5. The van der Waals surface area contributed by atoms with Gasteiger partial charge in [0, 0.05) is 12.0 Å². The Morgan fingerprint density at radius 2 is 1.75 bits per heavy atom. The molecule has 164 valence electrons. The molecule has 9 heteroatoms. The van der Waals surface area contributed by atoms with Crippen molar-refractivity contribution < 1.29 is 23.4 Å². The lowest BCUT2D eigenvalue weighted by Gasteiger charge is -2.28. The molecule has 3 heterocycles. The third-order valence-corrected chi connectivity index (χ3v) is 6.76. The molecule has 8 nitrogen and oxygen atoms in total. The van der Waals surface area contributed by atoms with Crippen molar-refractivity contribution in [2.75, 3.05) is 4.90 Å². The highest BCUT2D eigenvalue weighted by Crippen LogP contribution is 2.39. The Bertz CT molecular complexity index is 1110. The van der Waals surface area contributed by atoms with Crippen LogP contribution in [0.5, 0.6) is 0 Å². The monoisotopic (exact) mass is 451 g/mol. The first-order valence-corrected chi connectivity index (χ1v) is 11.3. The van der Waals surface area contributed by atoms with Crippen molar-refractivity contribution in [2.45, 2.75) is 43.1 Å². The van der Waals surface area contributed by atoms with Crippen molar-refractivity contribution in [2.24, 2.45) is 0 Å². The fourth-order valence-electron chi connectivity index (χ4n) is 4.47. The number of para-hydroxylation sites is 1. The van der Waals surface area contributed by atoms with Crippen molar-refractivity contribution >= 4 is 41.4 Å². The summed E-state index contributed by atoms with van der Waals surface area (Å²) < 4.78 is 4.85. The number of carbonyl (C=O) groups excluding carboxylic acids is 4. The lowest BCUT2D eigenvalue weighted by molar-refractivity contribution is -0.131. The van der Waals surface area contributed by atoms with E-state index in [1.807, 2.05) is 24.3 Å². The van der Waals surface area contributed by atoms with E-state index >= 15 is 0 Å². The van der Waals surface area contributed by atoms with Gasteiger partial charge in [0.05, 0.1) is 24.2 Å². The Morgan fingerprint density at radius 3 is 2.50 bits per heavy atom. The minimum absolute atomic E-state index is 0.0883. The molecule has 2 aromatic rings. The van der Waals surface area contributed by atoms with E-state index < -0.39 is 17.5 Å². The summed E-state index contributed by atoms with van der Waals surface area (Å²) >= 11 is 0.917. The van der Waals surface area contributed by atoms with Crippen LogP contribution < -0.4 is 15.5 Å². The van der Waals surface area contributed by atoms with E-state index in [-0.39, 0.29) is 30.1 Å². The molecule has 5 rings (SSSR count). The van der Waals surface area contributed by atoms with E-state index in [2.05, 4.69) is 10.6 Å². The Labute approximate surface area is 188 Å². The molecule has 3 amide bonds. The van der Waals surface area contributed by atoms with Gasteiger partial charge in [-0.25, -0.2) is 0 Å². The van der Waals surface area contributed by atoms with Gasteiger partial charge in [-0.05, 0) is 36.1 Å². The number of carbonyl (C=O) groups is 4. The normalized spacial score (nSPS) is 23.9. The summed E-state index contributed by atoms with van der Waals surface area (Å²) in [6, 6.07) is 13.1. The molecular weight excluding hydrogens is 430 g/mol. The van der Waals surface area contributed by atoms with E-state index in [0.29, 0.717) is 24.8 Å². The third kappa shape index (κ3) is 3.73. The maximum absolute atomic E-state index is 13.6. The van der Waals surface area contributed by atoms with Crippen LogP contribution in [-0.2, 0) is 31.4 Å². The summed E-state index contributed by atoms with van der Waals surface area (Å²) in [6.07, 6.45) is 1.52. The molecular formula is C23H21N3O5S. The second kappa shape index (κ2) is 8.31. The van der Waals surface area contributed by atoms with E-state index in [1.54, 1.807) is 24.3 Å². The highest BCUT2D eigenvalue weighted by Gasteiger charge is 2.44. The van der Waals surface area contributed by atoms with E-state index in [4.69, 9.17) is 4.18 Å². The van der Waals surface area contributed by atoms with Gasteiger partial charge in [-0.3, -0.25) is 24.1 Å². The van der Waals surface area contributed by atoms with Gasteiger partial charge in [0.2, 0.25) is 11.8 Å². The maximum Gasteiger partial charge on any atom is 0.321 e. The third-order valence-electron chi connectivity index (χ3n) is 5.96. The quantitative estimate of drug-likeness (QED) is 0.686. The summed E-state index contributed by atoms with van der Waals surface area (Å²) in [6.45, 7) is 0. The second-order valence-corrected chi connectivity index (χ2v) is 8.96. The van der Waals surface area contributed by atoms with Crippen LogP contribution in [0.3, 0.4) is 0 Å². The van der Waals surface area contributed by atoms with Crippen LogP contribution in [0.2, 0.25) is 0 Å². The fraction of sp³-hybridized carbons (Fsp3) is 0.304. The highest BCUT2D eigenvalue weighted by atomic mass is 32.2.